The molecule has 7 rings (SSSR count). The zero-order chi connectivity index (χ0) is 28.3. The molecule has 4 atom stereocenters. The maximum atomic E-state index is 15.0. The molecule has 3 aliphatic heterocycles. The van der Waals surface area contributed by atoms with Crippen molar-refractivity contribution in [2.45, 2.75) is 17.5 Å². The van der Waals surface area contributed by atoms with Crippen molar-refractivity contribution in [3.05, 3.63) is 112 Å². The van der Waals surface area contributed by atoms with Crippen molar-refractivity contribution in [3.8, 4) is 11.5 Å². The Balaban J connectivity index is 1.55. The number of rotatable bonds is 6. The predicted molar refractivity (Wildman–Crippen MR) is 158 cm³/mol. The van der Waals surface area contributed by atoms with Crippen LogP contribution < -0.4 is 19.7 Å². The van der Waals surface area contributed by atoms with Crippen molar-refractivity contribution in [2.75, 3.05) is 24.4 Å². The van der Waals surface area contributed by atoms with Gasteiger partial charge >= 0.3 is 0 Å². The molecule has 7 nitrogen and oxygen atoms in total. The van der Waals surface area contributed by atoms with Crippen LogP contribution in [0.1, 0.15) is 31.2 Å². The van der Waals surface area contributed by atoms with E-state index < -0.39 is 23.4 Å². The maximum Gasteiger partial charge on any atom is 0.238 e. The number of amides is 1. The number of benzene rings is 3. The molecule has 4 aromatic rings. The number of carbonyl (C=O) groups excluding carboxylic acids is 3. The minimum Gasteiger partial charge on any atom is -0.497 e. The second-order valence-corrected chi connectivity index (χ2v) is 11.3. The molecule has 41 heavy (non-hydrogen) atoms. The number of hydrogen-bond acceptors (Lipinski definition) is 7. The van der Waals surface area contributed by atoms with E-state index in [4.69, 9.17) is 9.47 Å². The summed E-state index contributed by atoms with van der Waals surface area (Å²) in [5.74, 6) is -1.13. The third-order valence-corrected chi connectivity index (χ3v) is 9.41. The quantitative estimate of drug-likeness (QED) is 0.307. The van der Waals surface area contributed by atoms with Gasteiger partial charge in [0.2, 0.25) is 5.91 Å². The lowest BCUT2D eigenvalue weighted by Gasteiger charge is -2.37. The van der Waals surface area contributed by atoms with Crippen molar-refractivity contribution in [1.29, 1.82) is 0 Å². The van der Waals surface area contributed by atoms with Crippen molar-refractivity contribution in [3.63, 3.8) is 0 Å². The highest BCUT2D eigenvalue weighted by molar-refractivity contribution is 7.12. The van der Waals surface area contributed by atoms with Gasteiger partial charge in [-0.2, -0.15) is 0 Å². The zero-order valence-electron chi connectivity index (χ0n) is 22.4. The molecule has 1 saturated heterocycles. The highest BCUT2D eigenvalue weighted by Gasteiger charge is 2.70. The largest absolute Gasteiger partial charge is 0.497 e. The molecule has 0 unspecified atom stereocenters. The molecule has 204 valence electrons. The predicted octanol–water partition coefficient (Wildman–Crippen LogP) is 5.62. The molecule has 1 amide bonds. The van der Waals surface area contributed by atoms with Crippen LogP contribution in [0.15, 0.2) is 90.3 Å². The van der Waals surface area contributed by atoms with Crippen molar-refractivity contribution >= 4 is 46.3 Å². The zero-order valence-corrected chi connectivity index (χ0v) is 23.2. The Morgan fingerprint density at radius 2 is 1.73 bits per heavy atom. The second-order valence-electron chi connectivity index (χ2n) is 10.3. The van der Waals surface area contributed by atoms with Gasteiger partial charge in [0.05, 0.1) is 36.6 Å². The van der Waals surface area contributed by atoms with E-state index in [9.17, 15) is 9.59 Å². The van der Waals surface area contributed by atoms with E-state index in [1.807, 2.05) is 77.0 Å². The SMILES string of the molecule is COc1ccc(OC)c(C(=O)[C@@H]2[C@@H](C(=O)c3cccs3)N3c4ccccc4C=C[C@@H]3[C@]23C(=O)Nc2ccccc23)c1. The van der Waals surface area contributed by atoms with Crippen LogP contribution in [0, 0.1) is 5.92 Å². The van der Waals surface area contributed by atoms with E-state index in [0.29, 0.717) is 27.6 Å². The van der Waals surface area contributed by atoms with Gasteiger partial charge in [0.1, 0.15) is 23.0 Å². The highest BCUT2D eigenvalue weighted by atomic mass is 32.1. The summed E-state index contributed by atoms with van der Waals surface area (Å²) in [6.07, 6.45) is 3.95. The third-order valence-electron chi connectivity index (χ3n) is 8.53. The van der Waals surface area contributed by atoms with Crippen molar-refractivity contribution in [1.82, 2.24) is 0 Å². The van der Waals surface area contributed by atoms with Crippen LogP contribution in [0.4, 0.5) is 11.4 Å². The Hall–Kier alpha value is -4.69. The van der Waals surface area contributed by atoms with Crippen LogP contribution >= 0.6 is 11.3 Å². The van der Waals surface area contributed by atoms with Crippen LogP contribution in [-0.2, 0) is 10.2 Å². The number of ketones is 2. The molecule has 8 heteroatoms. The standard InChI is InChI=1S/C33H26N2O5S/c1-39-20-14-15-25(40-2)21(18-20)30(36)28-29(31(37)26-12-7-17-41-26)35-24-11-6-3-8-19(24)13-16-27(35)33(28)22-9-4-5-10-23(22)34-32(33)38/h3-18,27-29H,1-2H3,(H,34,38)/t27-,28+,29+,33+/m1/s1. The fourth-order valence-electron chi connectivity index (χ4n) is 6.86. The van der Waals surface area contributed by atoms with Crippen molar-refractivity contribution in [2.24, 2.45) is 5.92 Å². The first-order chi connectivity index (χ1) is 20.0. The summed E-state index contributed by atoms with van der Waals surface area (Å²) in [5.41, 5.74) is 1.94. The summed E-state index contributed by atoms with van der Waals surface area (Å²) >= 11 is 1.33. The number of ether oxygens (including phenoxy) is 2. The van der Waals surface area contributed by atoms with Gasteiger partial charge in [0.15, 0.2) is 11.6 Å². The molecule has 0 saturated carbocycles. The van der Waals surface area contributed by atoms with Gasteiger partial charge in [-0.05, 0) is 52.9 Å². The molecule has 4 heterocycles. The number of hydrogen-bond donors (Lipinski definition) is 1. The number of anilines is 2. The lowest BCUT2D eigenvalue weighted by molar-refractivity contribution is -0.121. The topological polar surface area (TPSA) is 84.9 Å². The Morgan fingerprint density at radius 3 is 2.51 bits per heavy atom. The summed E-state index contributed by atoms with van der Waals surface area (Å²) < 4.78 is 11.1. The molecule has 1 aromatic heterocycles. The van der Waals surface area contributed by atoms with Crippen LogP contribution in [-0.4, -0.2) is 43.8 Å². The number of nitrogens with one attached hydrogen (secondary N) is 1. The van der Waals surface area contributed by atoms with Gasteiger partial charge in [-0.15, -0.1) is 11.3 Å². The molecule has 1 N–H and O–H groups in total. The number of thiophene rings is 1. The van der Waals surface area contributed by atoms with Gasteiger partial charge in [0, 0.05) is 11.4 Å². The number of para-hydroxylation sites is 2. The molecule has 3 aromatic carbocycles. The van der Waals surface area contributed by atoms with Crippen LogP contribution in [0.25, 0.3) is 6.08 Å². The van der Waals surface area contributed by atoms with Gasteiger partial charge in [-0.3, -0.25) is 14.4 Å². The summed E-state index contributed by atoms with van der Waals surface area (Å²) in [6.45, 7) is 0. The lowest BCUT2D eigenvalue weighted by Crippen LogP contribution is -2.51. The fraction of sp³-hybridized carbons (Fsp3) is 0.182. The molecule has 0 bridgehead atoms. The van der Waals surface area contributed by atoms with Gasteiger partial charge in [-0.1, -0.05) is 54.6 Å². The highest BCUT2D eigenvalue weighted by Crippen LogP contribution is 2.58. The van der Waals surface area contributed by atoms with E-state index >= 15 is 4.79 Å². The summed E-state index contributed by atoms with van der Waals surface area (Å²) in [7, 11) is 3.02. The molecule has 0 radical (unpaired) electrons. The Kier molecular flexibility index (Phi) is 5.83. The first-order valence-electron chi connectivity index (χ1n) is 13.3. The van der Waals surface area contributed by atoms with E-state index in [1.54, 1.807) is 24.3 Å². The fourth-order valence-corrected chi connectivity index (χ4v) is 7.56. The van der Waals surface area contributed by atoms with Gasteiger partial charge < -0.3 is 19.7 Å². The van der Waals surface area contributed by atoms with Crippen molar-refractivity contribution < 1.29 is 23.9 Å². The average molecular weight is 563 g/mol. The lowest BCUT2D eigenvalue weighted by atomic mass is 9.64. The minimum absolute atomic E-state index is 0.204. The minimum atomic E-state index is -1.39. The number of Topliss-reactive ketones (excluding diaryl/α,β-unsaturated/α-hetero) is 2. The van der Waals surface area contributed by atoms with Crippen LogP contribution in [0.3, 0.4) is 0 Å². The summed E-state index contributed by atoms with van der Waals surface area (Å²) in [4.78, 5) is 46.5. The number of fused-ring (bicyclic) bond motifs is 6. The first kappa shape index (κ1) is 25.3. The molecule has 1 spiro atoms. The molecular formula is C33H26N2O5S. The smallest absolute Gasteiger partial charge is 0.238 e. The van der Waals surface area contributed by atoms with E-state index in [2.05, 4.69) is 5.32 Å². The number of nitrogens with zero attached hydrogens (tertiary/aromatic N) is 1. The second kappa shape index (κ2) is 9.45. The van der Waals surface area contributed by atoms with Crippen LogP contribution in [0.2, 0.25) is 0 Å². The number of carbonyl (C=O) groups is 3. The first-order valence-corrected chi connectivity index (χ1v) is 14.2. The summed E-state index contributed by atoms with van der Waals surface area (Å²) in [6, 6.07) is 22.3. The number of methoxy groups -OCH3 is 2. The average Bonchev–Trinajstić information content (AvgIpc) is 3.73. The van der Waals surface area contributed by atoms with E-state index in [-0.39, 0.29) is 23.0 Å². The Labute approximate surface area is 241 Å². The molecular weight excluding hydrogens is 536 g/mol. The van der Waals surface area contributed by atoms with Gasteiger partial charge in [-0.25, -0.2) is 0 Å². The maximum absolute atomic E-state index is 15.0. The monoisotopic (exact) mass is 562 g/mol. The van der Waals surface area contributed by atoms with Gasteiger partial charge in [0.25, 0.3) is 0 Å². The third kappa shape index (κ3) is 3.47. The molecule has 1 fully saturated rings. The van der Waals surface area contributed by atoms with E-state index in [1.165, 1.54) is 25.6 Å². The molecule has 0 aliphatic carbocycles. The Bertz CT molecular complexity index is 1750. The van der Waals surface area contributed by atoms with Crippen LogP contribution in [0.5, 0.6) is 11.5 Å². The molecule has 3 aliphatic rings. The Morgan fingerprint density at radius 1 is 0.927 bits per heavy atom. The normalized spacial score (nSPS) is 23.5. The summed E-state index contributed by atoms with van der Waals surface area (Å²) in [5, 5.41) is 4.90. The van der Waals surface area contributed by atoms with E-state index in [0.717, 1.165) is 11.3 Å².